The Kier molecular flexibility index (Phi) is 5.64. The maximum absolute atomic E-state index is 9.58. The first-order valence-corrected chi connectivity index (χ1v) is 9.55. The lowest BCUT2D eigenvalue weighted by molar-refractivity contribution is 0.140. The van der Waals surface area contributed by atoms with Gasteiger partial charge < -0.3 is 25.4 Å². The Hall–Kier alpha value is -2.45. The van der Waals surface area contributed by atoms with E-state index in [1.165, 1.54) is 0 Å². The molecule has 2 aliphatic heterocycles. The van der Waals surface area contributed by atoms with Crippen LogP contribution in [-0.4, -0.2) is 65.6 Å². The topological polar surface area (TPSA) is 95.4 Å². The maximum Gasteiger partial charge on any atom is 0.227 e. The van der Waals surface area contributed by atoms with Gasteiger partial charge in [-0.05, 0) is 25.0 Å². The Labute approximate surface area is 159 Å². The van der Waals surface area contributed by atoms with Crippen LogP contribution in [0.1, 0.15) is 24.5 Å². The van der Waals surface area contributed by atoms with Crippen molar-refractivity contribution in [2.75, 3.05) is 54.9 Å². The van der Waals surface area contributed by atoms with Crippen LogP contribution >= 0.6 is 0 Å². The van der Waals surface area contributed by atoms with Crippen molar-refractivity contribution in [1.29, 1.82) is 0 Å². The second-order valence-electron chi connectivity index (χ2n) is 7.05. The number of rotatable bonds is 8. The van der Waals surface area contributed by atoms with Crippen LogP contribution in [0.25, 0.3) is 0 Å². The number of anilines is 3. The Morgan fingerprint density at radius 1 is 1.22 bits per heavy atom. The first kappa shape index (κ1) is 17.9. The van der Waals surface area contributed by atoms with E-state index in [4.69, 9.17) is 9.72 Å². The van der Waals surface area contributed by atoms with E-state index in [9.17, 15) is 5.11 Å². The quantitative estimate of drug-likeness (QED) is 0.602. The van der Waals surface area contributed by atoms with Crippen LogP contribution in [0.5, 0.6) is 0 Å². The van der Waals surface area contributed by atoms with Crippen molar-refractivity contribution in [3.63, 3.8) is 0 Å². The third-order valence-electron chi connectivity index (χ3n) is 4.88. The molecule has 8 heteroatoms. The molecular weight excluding hydrogens is 344 g/mol. The van der Waals surface area contributed by atoms with Crippen molar-refractivity contribution >= 4 is 17.5 Å². The Morgan fingerprint density at radius 2 is 2.11 bits per heavy atom. The van der Waals surface area contributed by atoms with E-state index in [0.29, 0.717) is 31.6 Å². The first-order valence-electron chi connectivity index (χ1n) is 9.55. The summed E-state index contributed by atoms with van der Waals surface area (Å²) in [6, 6.07) is 5.96. The van der Waals surface area contributed by atoms with Gasteiger partial charge >= 0.3 is 0 Å². The van der Waals surface area contributed by atoms with Gasteiger partial charge in [0.25, 0.3) is 0 Å². The van der Waals surface area contributed by atoms with Gasteiger partial charge in [0.1, 0.15) is 5.82 Å². The molecule has 0 unspecified atom stereocenters. The molecule has 27 heavy (non-hydrogen) atoms. The van der Waals surface area contributed by atoms with Gasteiger partial charge in [0.2, 0.25) is 5.95 Å². The summed E-state index contributed by atoms with van der Waals surface area (Å²) in [7, 11) is 0. The Balaban J connectivity index is 1.34. The monoisotopic (exact) mass is 370 g/mol. The van der Waals surface area contributed by atoms with E-state index in [1.807, 2.05) is 29.3 Å². The molecule has 8 nitrogen and oxygen atoms in total. The third kappa shape index (κ3) is 4.64. The number of aliphatic hydroxyl groups is 1. The number of pyridine rings is 1. The van der Waals surface area contributed by atoms with Gasteiger partial charge in [-0.2, -0.15) is 4.98 Å². The molecule has 2 aromatic heterocycles. The van der Waals surface area contributed by atoms with Crippen LogP contribution in [0.4, 0.5) is 17.5 Å². The van der Waals surface area contributed by atoms with Crippen molar-refractivity contribution in [3.8, 4) is 0 Å². The zero-order valence-electron chi connectivity index (χ0n) is 15.3. The minimum absolute atomic E-state index is 0.276. The highest BCUT2D eigenvalue weighted by Gasteiger charge is 2.28. The summed E-state index contributed by atoms with van der Waals surface area (Å²) in [5, 5.41) is 16.3. The minimum Gasteiger partial charge on any atom is -0.389 e. The van der Waals surface area contributed by atoms with Crippen molar-refractivity contribution in [2.24, 2.45) is 0 Å². The fourth-order valence-electron chi connectivity index (χ4n) is 3.29. The molecule has 2 saturated heterocycles. The molecule has 144 valence electrons. The smallest absolute Gasteiger partial charge is 0.227 e. The third-order valence-corrected chi connectivity index (χ3v) is 4.88. The average Bonchev–Trinajstić information content (AvgIpc) is 3.21. The van der Waals surface area contributed by atoms with E-state index in [0.717, 1.165) is 49.7 Å². The number of aliphatic hydroxyl groups excluding tert-OH is 1. The van der Waals surface area contributed by atoms with Gasteiger partial charge in [-0.25, -0.2) is 4.98 Å². The van der Waals surface area contributed by atoms with Crippen LogP contribution in [0.3, 0.4) is 0 Å². The predicted molar refractivity (Wildman–Crippen MR) is 104 cm³/mol. The molecule has 0 radical (unpaired) electrons. The second kappa shape index (κ2) is 8.49. The van der Waals surface area contributed by atoms with E-state index in [-0.39, 0.29) is 6.10 Å². The molecule has 0 saturated carbocycles. The van der Waals surface area contributed by atoms with Crippen molar-refractivity contribution < 1.29 is 9.84 Å². The van der Waals surface area contributed by atoms with E-state index in [2.05, 4.69) is 20.6 Å². The molecule has 4 heterocycles. The fourth-order valence-corrected chi connectivity index (χ4v) is 3.29. The van der Waals surface area contributed by atoms with E-state index in [1.54, 1.807) is 6.20 Å². The van der Waals surface area contributed by atoms with Gasteiger partial charge in [0.05, 0.1) is 24.1 Å². The highest BCUT2D eigenvalue weighted by molar-refractivity contribution is 5.46. The lowest BCUT2D eigenvalue weighted by Crippen LogP contribution is -2.51. The van der Waals surface area contributed by atoms with Crippen LogP contribution in [0.15, 0.2) is 30.6 Å². The van der Waals surface area contributed by atoms with Crippen molar-refractivity contribution in [2.45, 2.75) is 24.9 Å². The van der Waals surface area contributed by atoms with Gasteiger partial charge in [-0.1, -0.05) is 0 Å². The van der Waals surface area contributed by atoms with Crippen LogP contribution in [0, 0.1) is 0 Å². The number of ether oxygens (including phenoxy) is 1. The summed E-state index contributed by atoms with van der Waals surface area (Å²) in [4.78, 5) is 15.5. The molecule has 0 aliphatic carbocycles. The number of hydrogen-bond donors (Lipinski definition) is 3. The molecule has 2 fully saturated rings. The zero-order chi connectivity index (χ0) is 18.5. The van der Waals surface area contributed by atoms with Gasteiger partial charge in [0, 0.05) is 57.2 Å². The summed E-state index contributed by atoms with van der Waals surface area (Å²) >= 11 is 0. The SMILES string of the molecule is OC1CN(c2nc(NCCCNc3cccnc3)cc([C@@H]3CCOC3)n2)C1. The normalized spacial score (nSPS) is 19.7. The van der Waals surface area contributed by atoms with Crippen LogP contribution < -0.4 is 15.5 Å². The number of aromatic nitrogens is 3. The fraction of sp³-hybridized carbons (Fsp3) is 0.526. The van der Waals surface area contributed by atoms with E-state index >= 15 is 0 Å². The van der Waals surface area contributed by atoms with Crippen LogP contribution in [0.2, 0.25) is 0 Å². The molecule has 2 aliphatic rings. The van der Waals surface area contributed by atoms with Crippen molar-refractivity contribution in [3.05, 3.63) is 36.3 Å². The highest BCUT2D eigenvalue weighted by atomic mass is 16.5. The summed E-state index contributed by atoms with van der Waals surface area (Å²) in [5.41, 5.74) is 2.05. The van der Waals surface area contributed by atoms with Gasteiger partial charge in [-0.3, -0.25) is 4.98 Å². The van der Waals surface area contributed by atoms with Crippen LogP contribution in [-0.2, 0) is 4.74 Å². The lowest BCUT2D eigenvalue weighted by atomic mass is 10.0. The summed E-state index contributed by atoms with van der Waals surface area (Å²) in [6.45, 7) is 4.37. The number of nitrogens with one attached hydrogen (secondary N) is 2. The minimum atomic E-state index is -0.276. The Morgan fingerprint density at radius 3 is 2.85 bits per heavy atom. The van der Waals surface area contributed by atoms with Crippen molar-refractivity contribution in [1.82, 2.24) is 15.0 Å². The molecule has 2 aromatic rings. The highest BCUT2D eigenvalue weighted by Crippen LogP contribution is 2.28. The molecule has 1 atom stereocenters. The molecule has 0 spiro atoms. The molecule has 0 amide bonds. The predicted octanol–water partition coefficient (Wildman–Crippen LogP) is 1.47. The molecule has 4 rings (SSSR count). The van der Waals surface area contributed by atoms with Gasteiger partial charge in [0.15, 0.2) is 0 Å². The molecule has 3 N–H and O–H groups in total. The molecule has 0 bridgehead atoms. The summed E-state index contributed by atoms with van der Waals surface area (Å²) in [5.74, 6) is 1.86. The molecular formula is C19H26N6O2. The second-order valence-corrected chi connectivity index (χ2v) is 7.05. The summed E-state index contributed by atoms with van der Waals surface area (Å²) < 4.78 is 5.52. The lowest BCUT2D eigenvalue weighted by Gasteiger charge is -2.36. The largest absolute Gasteiger partial charge is 0.389 e. The van der Waals surface area contributed by atoms with Gasteiger partial charge in [-0.15, -0.1) is 0 Å². The number of hydrogen-bond acceptors (Lipinski definition) is 8. The average molecular weight is 370 g/mol. The zero-order valence-corrected chi connectivity index (χ0v) is 15.3. The Bertz CT molecular complexity index is 732. The summed E-state index contributed by atoms with van der Waals surface area (Å²) in [6.07, 6.45) is 5.26. The maximum atomic E-state index is 9.58. The first-order chi connectivity index (χ1) is 13.3. The standard InChI is InChI=1S/C19H26N6O2/c26-16-11-25(12-16)19-23-17(14-4-8-27-13-14)9-18(24-19)22-7-2-6-21-15-3-1-5-20-10-15/h1,3,5,9-10,14,16,21,26H,2,4,6-8,11-13H2,(H,22,23,24)/t14-/m1/s1. The molecule has 0 aromatic carbocycles. The van der Waals surface area contributed by atoms with E-state index < -0.39 is 0 Å². The number of nitrogens with zero attached hydrogens (tertiary/aromatic N) is 4. The number of β-amino-alcohol motifs (C(OH)–C–C–N with tert-alkyl or cyclic N) is 1.